The molecule has 1 aromatic heterocycles. The standard InChI is InChI=1S/C22H17ClF3N3O.C3H8O/c23-18-4-5-19(22(24,25)26)17(9-18)12-29-7-6-27-21-20(29)10-16(11-28-21)15-3-1-2-14(8-15)13-30;1-3-4-2/h1-5,8-11,13H,6-7,12H2,(H,27,28);3H2,1-2H3. The summed E-state index contributed by atoms with van der Waals surface area (Å²) in [7, 11) is 1.68. The second-order valence-electron chi connectivity index (χ2n) is 7.56. The highest BCUT2D eigenvalue weighted by atomic mass is 35.5. The van der Waals surface area contributed by atoms with Crippen molar-refractivity contribution in [3.8, 4) is 11.1 Å². The van der Waals surface area contributed by atoms with E-state index < -0.39 is 11.7 Å². The van der Waals surface area contributed by atoms with E-state index in [4.69, 9.17) is 11.6 Å². The Hall–Kier alpha value is -3.10. The summed E-state index contributed by atoms with van der Waals surface area (Å²) in [6.45, 7) is 3.89. The quantitative estimate of drug-likeness (QED) is 0.423. The summed E-state index contributed by atoms with van der Waals surface area (Å²) in [5.74, 6) is 0.604. The van der Waals surface area contributed by atoms with E-state index in [0.29, 0.717) is 30.2 Å². The molecule has 0 amide bonds. The number of halogens is 4. The largest absolute Gasteiger partial charge is 0.416 e. The zero-order valence-electron chi connectivity index (χ0n) is 18.8. The number of carbonyl (C=O) groups excluding carboxylic acids is 1. The summed E-state index contributed by atoms with van der Waals surface area (Å²) < 4.78 is 45.0. The Kier molecular flexibility index (Phi) is 8.52. The maximum atomic E-state index is 13.5. The molecule has 0 radical (unpaired) electrons. The topological polar surface area (TPSA) is 54.5 Å². The molecule has 9 heteroatoms. The van der Waals surface area contributed by atoms with Gasteiger partial charge in [-0.05, 0) is 48.4 Å². The van der Waals surface area contributed by atoms with Gasteiger partial charge in [0.1, 0.15) is 12.1 Å². The fraction of sp³-hybridized carbons (Fsp3) is 0.280. The molecule has 2 heterocycles. The fourth-order valence-electron chi connectivity index (χ4n) is 3.55. The average Bonchev–Trinajstić information content (AvgIpc) is 2.83. The summed E-state index contributed by atoms with van der Waals surface area (Å²) in [6.07, 6.45) is -2.02. The lowest BCUT2D eigenvalue weighted by Crippen LogP contribution is -2.34. The predicted octanol–water partition coefficient (Wildman–Crippen LogP) is 6.32. The Morgan fingerprint density at radius 1 is 1.18 bits per heavy atom. The summed E-state index contributed by atoms with van der Waals surface area (Å²) in [5.41, 5.74) is 2.22. The van der Waals surface area contributed by atoms with Crippen molar-refractivity contribution in [2.75, 3.05) is 37.0 Å². The van der Waals surface area contributed by atoms with E-state index in [1.54, 1.807) is 31.5 Å². The van der Waals surface area contributed by atoms with Crippen LogP contribution in [0.15, 0.2) is 54.7 Å². The molecule has 0 unspecified atom stereocenters. The van der Waals surface area contributed by atoms with Gasteiger partial charge < -0.3 is 15.0 Å². The molecule has 0 saturated heterocycles. The molecule has 5 nitrogen and oxygen atoms in total. The third-order valence-corrected chi connectivity index (χ3v) is 5.50. The van der Waals surface area contributed by atoms with E-state index in [-0.39, 0.29) is 17.1 Å². The van der Waals surface area contributed by atoms with E-state index in [1.165, 1.54) is 12.1 Å². The monoisotopic (exact) mass is 491 g/mol. The molecule has 1 aliphatic rings. The Balaban J connectivity index is 0.000000751. The number of carbonyl (C=O) groups is 1. The lowest BCUT2D eigenvalue weighted by Gasteiger charge is -2.32. The van der Waals surface area contributed by atoms with Gasteiger partial charge in [0.2, 0.25) is 0 Å². The molecule has 0 fully saturated rings. The van der Waals surface area contributed by atoms with Gasteiger partial charge in [-0.15, -0.1) is 0 Å². The van der Waals surface area contributed by atoms with Crippen molar-refractivity contribution in [3.63, 3.8) is 0 Å². The highest BCUT2D eigenvalue weighted by molar-refractivity contribution is 6.30. The molecule has 34 heavy (non-hydrogen) atoms. The molecule has 1 aliphatic heterocycles. The lowest BCUT2D eigenvalue weighted by molar-refractivity contribution is -0.138. The Morgan fingerprint density at radius 3 is 2.62 bits per heavy atom. The Bertz CT molecular complexity index is 1140. The van der Waals surface area contributed by atoms with Crippen LogP contribution in [0.4, 0.5) is 24.7 Å². The number of ether oxygens (including phenoxy) is 1. The van der Waals surface area contributed by atoms with Gasteiger partial charge in [-0.25, -0.2) is 4.98 Å². The van der Waals surface area contributed by atoms with E-state index in [1.807, 2.05) is 24.0 Å². The molecule has 2 aromatic carbocycles. The van der Waals surface area contributed by atoms with Crippen LogP contribution in [0.5, 0.6) is 0 Å². The van der Waals surface area contributed by atoms with E-state index >= 15 is 0 Å². The van der Waals surface area contributed by atoms with Crippen LogP contribution in [0, 0.1) is 0 Å². The summed E-state index contributed by atoms with van der Waals surface area (Å²) >= 11 is 5.98. The molecule has 3 aromatic rings. The lowest BCUT2D eigenvalue weighted by atomic mass is 10.0. The molecule has 0 atom stereocenters. The molecule has 4 rings (SSSR count). The first-order valence-electron chi connectivity index (χ1n) is 10.7. The SMILES string of the molecule is CCOC.O=Cc1cccc(-c2cnc3c(c2)N(Cc2cc(Cl)ccc2C(F)(F)F)CCN3)c1. The van der Waals surface area contributed by atoms with Crippen LogP contribution in [0.3, 0.4) is 0 Å². The van der Waals surface area contributed by atoms with Crippen molar-refractivity contribution >= 4 is 29.4 Å². The first-order valence-corrected chi connectivity index (χ1v) is 11.0. The van der Waals surface area contributed by atoms with Crippen molar-refractivity contribution < 1.29 is 22.7 Å². The maximum absolute atomic E-state index is 13.5. The minimum atomic E-state index is -4.47. The molecular weight excluding hydrogens is 467 g/mol. The minimum Gasteiger partial charge on any atom is -0.385 e. The van der Waals surface area contributed by atoms with Gasteiger partial charge in [-0.2, -0.15) is 13.2 Å². The first-order chi connectivity index (χ1) is 16.3. The Morgan fingerprint density at radius 2 is 1.94 bits per heavy atom. The zero-order chi connectivity index (χ0) is 24.7. The number of hydrogen-bond donors (Lipinski definition) is 1. The molecular formula is C25H25ClF3N3O2. The normalized spacial score (nSPS) is 12.8. The highest BCUT2D eigenvalue weighted by Crippen LogP contribution is 2.37. The predicted molar refractivity (Wildman–Crippen MR) is 129 cm³/mol. The third kappa shape index (κ3) is 6.27. The number of benzene rings is 2. The number of aromatic nitrogens is 1. The van der Waals surface area contributed by atoms with Crippen LogP contribution in [-0.4, -0.2) is 38.1 Å². The average molecular weight is 492 g/mol. The van der Waals surface area contributed by atoms with Crippen molar-refractivity contribution in [2.45, 2.75) is 19.6 Å². The highest BCUT2D eigenvalue weighted by Gasteiger charge is 2.34. The summed E-state index contributed by atoms with van der Waals surface area (Å²) in [4.78, 5) is 17.4. The summed E-state index contributed by atoms with van der Waals surface area (Å²) in [6, 6.07) is 12.6. The second-order valence-corrected chi connectivity index (χ2v) is 8.00. The molecule has 0 saturated carbocycles. The van der Waals surface area contributed by atoms with Crippen molar-refractivity contribution in [3.05, 3.63) is 76.4 Å². The number of fused-ring (bicyclic) bond motifs is 1. The van der Waals surface area contributed by atoms with Crippen molar-refractivity contribution in [2.24, 2.45) is 0 Å². The number of alkyl halides is 3. The molecule has 0 spiro atoms. The number of hydrogen-bond acceptors (Lipinski definition) is 5. The van der Waals surface area contributed by atoms with E-state index in [0.717, 1.165) is 30.1 Å². The van der Waals surface area contributed by atoms with Crippen LogP contribution < -0.4 is 10.2 Å². The number of aldehydes is 1. The van der Waals surface area contributed by atoms with E-state index in [2.05, 4.69) is 15.0 Å². The Labute approximate surface area is 201 Å². The molecule has 0 aliphatic carbocycles. The van der Waals surface area contributed by atoms with Crippen LogP contribution >= 0.6 is 11.6 Å². The molecule has 1 N–H and O–H groups in total. The second kappa shape index (κ2) is 11.4. The summed E-state index contributed by atoms with van der Waals surface area (Å²) in [5, 5.41) is 3.43. The van der Waals surface area contributed by atoms with Crippen LogP contribution in [0.2, 0.25) is 5.02 Å². The first kappa shape index (κ1) is 25.5. The zero-order valence-corrected chi connectivity index (χ0v) is 19.6. The van der Waals surface area contributed by atoms with Gasteiger partial charge in [-0.1, -0.05) is 29.8 Å². The fourth-order valence-corrected chi connectivity index (χ4v) is 3.74. The molecule has 180 valence electrons. The van der Waals surface area contributed by atoms with Crippen LogP contribution in [0.1, 0.15) is 28.4 Å². The molecule has 0 bridgehead atoms. The van der Waals surface area contributed by atoms with Gasteiger partial charge in [0.25, 0.3) is 0 Å². The smallest absolute Gasteiger partial charge is 0.385 e. The van der Waals surface area contributed by atoms with Gasteiger partial charge in [0, 0.05) is 55.7 Å². The van der Waals surface area contributed by atoms with Gasteiger partial charge in [0.15, 0.2) is 0 Å². The number of rotatable bonds is 5. The van der Waals surface area contributed by atoms with Crippen LogP contribution in [-0.2, 0) is 17.5 Å². The van der Waals surface area contributed by atoms with Crippen LogP contribution in [0.25, 0.3) is 11.1 Å². The number of methoxy groups -OCH3 is 1. The number of nitrogens with zero attached hydrogens (tertiary/aromatic N) is 2. The number of pyridine rings is 1. The maximum Gasteiger partial charge on any atom is 0.416 e. The minimum absolute atomic E-state index is 0.0452. The number of nitrogens with one attached hydrogen (secondary N) is 1. The van der Waals surface area contributed by atoms with Gasteiger partial charge in [0.05, 0.1) is 11.3 Å². The van der Waals surface area contributed by atoms with E-state index in [9.17, 15) is 18.0 Å². The van der Waals surface area contributed by atoms with Crippen molar-refractivity contribution in [1.82, 2.24) is 4.98 Å². The van der Waals surface area contributed by atoms with Gasteiger partial charge in [-0.3, -0.25) is 4.79 Å². The number of anilines is 2. The third-order valence-electron chi connectivity index (χ3n) is 5.26. The van der Waals surface area contributed by atoms with Gasteiger partial charge >= 0.3 is 6.18 Å². The van der Waals surface area contributed by atoms with Crippen molar-refractivity contribution in [1.29, 1.82) is 0 Å².